The number of nitrogens with zero attached hydrogens (tertiary/aromatic N) is 2. The van der Waals surface area contributed by atoms with Crippen LogP contribution in [0, 0.1) is 5.92 Å². The standard InChI is InChI=1S/C23H28N4O3/c1-16(2)12-21(28)27-15-19-7-4-3-6-17(19)13-20(27)23(30)26-11-10-25-22(29)18-8-5-9-24-14-18/h3-9,14,16,20H,10-13,15H2,1-2H3,(H,25,29)(H,26,30). The van der Waals surface area contributed by atoms with Crippen LogP contribution in [-0.2, 0) is 22.6 Å². The molecule has 1 aliphatic rings. The van der Waals surface area contributed by atoms with Gasteiger partial charge < -0.3 is 15.5 Å². The number of pyridine rings is 1. The van der Waals surface area contributed by atoms with E-state index in [0.29, 0.717) is 31.5 Å². The Morgan fingerprint density at radius 2 is 1.80 bits per heavy atom. The number of benzene rings is 1. The third kappa shape index (κ3) is 5.43. The summed E-state index contributed by atoms with van der Waals surface area (Å²) in [5, 5.41) is 5.62. The van der Waals surface area contributed by atoms with E-state index in [1.54, 1.807) is 23.2 Å². The molecule has 3 rings (SSSR count). The maximum Gasteiger partial charge on any atom is 0.252 e. The first-order valence-electron chi connectivity index (χ1n) is 10.3. The van der Waals surface area contributed by atoms with E-state index in [1.165, 1.54) is 6.20 Å². The predicted molar refractivity (Wildman–Crippen MR) is 114 cm³/mol. The fourth-order valence-electron chi connectivity index (χ4n) is 3.56. The highest BCUT2D eigenvalue weighted by Crippen LogP contribution is 2.24. The molecule has 1 aliphatic heterocycles. The smallest absolute Gasteiger partial charge is 0.252 e. The molecule has 7 heteroatoms. The highest BCUT2D eigenvalue weighted by Gasteiger charge is 2.34. The van der Waals surface area contributed by atoms with Gasteiger partial charge in [0, 0.05) is 44.9 Å². The van der Waals surface area contributed by atoms with Gasteiger partial charge in [0.2, 0.25) is 11.8 Å². The SMILES string of the molecule is CC(C)CC(=O)N1Cc2ccccc2CC1C(=O)NCCNC(=O)c1cccnc1. The van der Waals surface area contributed by atoms with Gasteiger partial charge in [-0.2, -0.15) is 0 Å². The van der Waals surface area contributed by atoms with Crippen molar-refractivity contribution in [2.45, 2.75) is 39.3 Å². The lowest BCUT2D eigenvalue weighted by Gasteiger charge is -2.36. The van der Waals surface area contributed by atoms with E-state index in [9.17, 15) is 14.4 Å². The lowest BCUT2D eigenvalue weighted by atomic mass is 9.92. The van der Waals surface area contributed by atoms with Crippen molar-refractivity contribution in [3.05, 3.63) is 65.5 Å². The normalized spacial score (nSPS) is 15.4. The van der Waals surface area contributed by atoms with Crippen LogP contribution in [0.25, 0.3) is 0 Å². The van der Waals surface area contributed by atoms with Gasteiger partial charge in [0.25, 0.3) is 5.91 Å². The van der Waals surface area contributed by atoms with Crippen LogP contribution in [0.3, 0.4) is 0 Å². The maximum absolute atomic E-state index is 12.9. The molecule has 3 amide bonds. The molecule has 1 unspecified atom stereocenters. The number of carbonyl (C=O) groups is 3. The van der Waals surface area contributed by atoms with Crippen LogP contribution in [0.5, 0.6) is 0 Å². The van der Waals surface area contributed by atoms with Gasteiger partial charge in [-0.3, -0.25) is 19.4 Å². The van der Waals surface area contributed by atoms with Gasteiger partial charge in [0.1, 0.15) is 6.04 Å². The van der Waals surface area contributed by atoms with E-state index in [0.717, 1.165) is 11.1 Å². The van der Waals surface area contributed by atoms with Gasteiger partial charge in [0.05, 0.1) is 5.56 Å². The van der Waals surface area contributed by atoms with Crippen molar-refractivity contribution in [3.8, 4) is 0 Å². The first-order valence-corrected chi connectivity index (χ1v) is 10.3. The molecule has 30 heavy (non-hydrogen) atoms. The molecular weight excluding hydrogens is 380 g/mol. The van der Waals surface area contributed by atoms with Gasteiger partial charge in [-0.05, 0) is 29.2 Å². The number of rotatable bonds is 7. The number of hydrogen-bond acceptors (Lipinski definition) is 4. The summed E-state index contributed by atoms with van der Waals surface area (Å²) in [5.74, 6) is -0.222. The van der Waals surface area contributed by atoms with E-state index in [2.05, 4.69) is 15.6 Å². The molecule has 0 saturated carbocycles. The van der Waals surface area contributed by atoms with Crippen molar-refractivity contribution >= 4 is 17.7 Å². The lowest BCUT2D eigenvalue weighted by Crippen LogP contribution is -2.53. The van der Waals surface area contributed by atoms with Crippen LogP contribution in [-0.4, -0.2) is 46.7 Å². The molecular formula is C23H28N4O3. The fourth-order valence-corrected chi connectivity index (χ4v) is 3.56. The summed E-state index contributed by atoms with van der Waals surface area (Å²) in [6, 6.07) is 10.8. The van der Waals surface area contributed by atoms with Crippen LogP contribution >= 0.6 is 0 Å². The zero-order chi connectivity index (χ0) is 21.5. The zero-order valence-electron chi connectivity index (χ0n) is 17.4. The first-order chi connectivity index (χ1) is 14.5. The zero-order valence-corrected chi connectivity index (χ0v) is 17.4. The summed E-state index contributed by atoms with van der Waals surface area (Å²) in [5.41, 5.74) is 2.65. The minimum absolute atomic E-state index is 0.00969. The largest absolute Gasteiger partial charge is 0.353 e. The van der Waals surface area contributed by atoms with E-state index in [4.69, 9.17) is 0 Å². The van der Waals surface area contributed by atoms with Gasteiger partial charge >= 0.3 is 0 Å². The maximum atomic E-state index is 12.9. The van der Waals surface area contributed by atoms with Crippen LogP contribution in [0.4, 0.5) is 0 Å². The van der Waals surface area contributed by atoms with Crippen LogP contribution < -0.4 is 10.6 Å². The minimum atomic E-state index is -0.542. The lowest BCUT2D eigenvalue weighted by molar-refractivity contribution is -0.142. The molecule has 158 valence electrons. The average Bonchev–Trinajstić information content (AvgIpc) is 2.75. The second-order valence-corrected chi connectivity index (χ2v) is 7.90. The quantitative estimate of drug-likeness (QED) is 0.685. The molecule has 0 radical (unpaired) electrons. The molecule has 1 aromatic carbocycles. The van der Waals surface area contributed by atoms with Gasteiger partial charge in [-0.25, -0.2) is 0 Å². The molecule has 7 nitrogen and oxygen atoms in total. The monoisotopic (exact) mass is 408 g/mol. The third-order valence-electron chi connectivity index (χ3n) is 5.09. The third-order valence-corrected chi connectivity index (χ3v) is 5.09. The number of amides is 3. The number of aromatic nitrogens is 1. The van der Waals surface area contributed by atoms with E-state index in [1.807, 2.05) is 38.1 Å². The molecule has 1 atom stereocenters. The van der Waals surface area contributed by atoms with Gasteiger partial charge in [-0.15, -0.1) is 0 Å². The summed E-state index contributed by atoms with van der Waals surface area (Å²) in [7, 11) is 0. The predicted octanol–water partition coefficient (Wildman–Crippen LogP) is 1.93. The molecule has 2 heterocycles. The van der Waals surface area contributed by atoms with E-state index in [-0.39, 0.29) is 30.2 Å². The molecule has 0 fully saturated rings. The Bertz CT molecular complexity index is 898. The Labute approximate surface area is 176 Å². The molecule has 0 bridgehead atoms. The van der Waals surface area contributed by atoms with Crippen molar-refractivity contribution < 1.29 is 14.4 Å². The number of carbonyl (C=O) groups excluding carboxylic acids is 3. The highest BCUT2D eigenvalue weighted by molar-refractivity contribution is 5.93. The Morgan fingerprint density at radius 3 is 2.50 bits per heavy atom. The number of fused-ring (bicyclic) bond motifs is 1. The Morgan fingerprint density at radius 1 is 1.07 bits per heavy atom. The Kier molecular flexibility index (Phi) is 7.17. The Hall–Kier alpha value is -3.22. The molecule has 2 aromatic rings. The summed E-state index contributed by atoms with van der Waals surface area (Å²) >= 11 is 0. The van der Waals surface area contributed by atoms with Crippen molar-refractivity contribution in [1.82, 2.24) is 20.5 Å². The minimum Gasteiger partial charge on any atom is -0.353 e. The van der Waals surface area contributed by atoms with E-state index >= 15 is 0 Å². The summed E-state index contributed by atoms with van der Waals surface area (Å²) < 4.78 is 0. The second kappa shape index (κ2) is 10.0. The van der Waals surface area contributed by atoms with Crippen LogP contribution in [0.1, 0.15) is 41.8 Å². The molecule has 0 saturated heterocycles. The van der Waals surface area contributed by atoms with Gasteiger partial charge in [-0.1, -0.05) is 38.1 Å². The Balaban J connectivity index is 1.59. The summed E-state index contributed by atoms with van der Waals surface area (Å²) in [6.07, 6.45) is 4.00. The van der Waals surface area contributed by atoms with E-state index < -0.39 is 6.04 Å². The second-order valence-electron chi connectivity index (χ2n) is 7.90. The molecule has 0 aliphatic carbocycles. The van der Waals surface area contributed by atoms with Crippen molar-refractivity contribution in [2.24, 2.45) is 5.92 Å². The summed E-state index contributed by atoms with van der Waals surface area (Å²) in [6.45, 7) is 5.01. The fraction of sp³-hybridized carbons (Fsp3) is 0.391. The molecule has 0 spiro atoms. The summed E-state index contributed by atoms with van der Waals surface area (Å²) in [4.78, 5) is 43.3. The first kappa shape index (κ1) is 21.5. The van der Waals surface area contributed by atoms with Crippen LogP contribution in [0.2, 0.25) is 0 Å². The topological polar surface area (TPSA) is 91.4 Å². The van der Waals surface area contributed by atoms with Gasteiger partial charge in [0.15, 0.2) is 0 Å². The number of hydrogen-bond donors (Lipinski definition) is 2. The highest BCUT2D eigenvalue weighted by atomic mass is 16.2. The van der Waals surface area contributed by atoms with Crippen molar-refractivity contribution in [1.29, 1.82) is 0 Å². The van der Waals surface area contributed by atoms with Crippen molar-refractivity contribution in [2.75, 3.05) is 13.1 Å². The number of nitrogens with one attached hydrogen (secondary N) is 2. The molecule has 2 N–H and O–H groups in total. The average molecular weight is 409 g/mol. The molecule has 1 aromatic heterocycles. The van der Waals surface area contributed by atoms with Crippen molar-refractivity contribution in [3.63, 3.8) is 0 Å². The van der Waals surface area contributed by atoms with Crippen LogP contribution in [0.15, 0.2) is 48.8 Å².